The summed E-state index contributed by atoms with van der Waals surface area (Å²) in [6, 6.07) is 15.1. The molecule has 0 saturated carbocycles. The Bertz CT molecular complexity index is 1100. The zero-order valence-corrected chi connectivity index (χ0v) is 16.9. The molecule has 0 unspecified atom stereocenters. The van der Waals surface area contributed by atoms with Gasteiger partial charge in [0, 0.05) is 19.3 Å². The van der Waals surface area contributed by atoms with Gasteiger partial charge in [-0.2, -0.15) is 0 Å². The van der Waals surface area contributed by atoms with Gasteiger partial charge in [0.25, 0.3) is 11.5 Å². The predicted molar refractivity (Wildman–Crippen MR) is 115 cm³/mol. The lowest BCUT2D eigenvalue weighted by Gasteiger charge is -2.30. The summed E-state index contributed by atoms with van der Waals surface area (Å²) in [6.07, 6.45) is 2.46. The molecule has 0 bridgehead atoms. The van der Waals surface area contributed by atoms with Crippen LogP contribution in [0, 0.1) is 5.92 Å². The van der Waals surface area contributed by atoms with Gasteiger partial charge in [0.05, 0.1) is 11.0 Å². The van der Waals surface area contributed by atoms with Gasteiger partial charge < -0.3 is 9.88 Å². The van der Waals surface area contributed by atoms with E-state index in [2.05, 4.69) is 28.2 Å². The topological polar surface area (TPSA) is 67.2 Å². The maximum Gasteiger partial charge on any atom is 0.282 e. The van der Waals surface area contributed by atoms with Crippen LogP contribution in [0.2, 0.25) is 0 Å². The highest BCUT2D eigenvalue weighted by molar-refractivity contribution is 6.03. The molecule has 0 atom stereocenters. The summed E-state index contributed by atoms with van der Waals surface area (Å²) in [7, 11) is 1.66. The molecule has 6 heteroatoms. The minimum atomic E-state index is -0.486. The second-order valence-electron chi connectivity index (χ2n) is 7.93. The maximum absolute atomic E-state index is 12.8. The lowest BCUT2D eigenvalue weighted by atomic mass is 9.99. The van der Waals surface area contributed by atoms with Crippen LogP contribution in [0.15, 0.2) is 53.3 Å². The summed E-state index contributed by atoms with van der Waals surface area (Å²) in [5.41, 5.74) is 2.65. The van der Waals surface area contributed by atoms with Crippen LogP contribution < -0.4 is 10.9 Å². The second-order valence-corrected chi connectivity index (χ2v) is 7.93. The average molecular weight is 390 g/mol. The van der Waals surface area contributed by atoms with Crippen molar-refractivity contribution in [2.24, 2.45) is 13.0 Å². The van der Waals surface area contributed by atoms with Crippen LogP contribution in [0.1, 0.15) is 35.8 Å². The van der Waals surface area contributed by atoms with Crippen molar-refractivity contribution < 1.29 is 4.79 Å². The van der Waals surface area contributed by atoms with Crippen molar-refractivity contribution in [2.45, 2.75) is 26.3 Å². The van der Waals surface area contributed by atoms with Gasteiger partial charge >= 0.3 is 0 Å². The molecule has 1 aromatic heterocycles. The van der Waals surface area contributed by atoms with E-state index in [-0.39, 0.29) is 5.69 Å². The Morgan fingerprint density at radius 1 is 1.14 bits per heavy atom. The van der Waals surface area contributed by atoms with Crippen LogP contribution in [0.25, 0.3) is 11.0 Å². The molecule has 0 radical (unpaired) electrons. The predicted octanol–water partition coefficient (Wildman–Crippen LogP) is 3.42. The number of hydrogen-bond acceptors (Lipinski definition) is 4. The van der Waals surface area contributed by atoms with Gasteiger partial charge in [-0.05, 0) is 61.7 Å². The van der Waals surface area contributed by atoms with Gasteiger partial charge in [-0.3, -0.25) is 14.5 Å². The number of nitrogens with one attached hydrogen (secondary N) is 1. The Hall–Kier alpha value is -2.99. The summed E-state index contributed by atoms with van der Waals surface area (Å²) < 4.78 is 1.46. The smallest absolute Gasteiger partial charge is 0.282 e. The van der Waals surface area contributed by atoms with Crippen molar-refractivity contribution in [1.29, 1.82) is 0 Å². The summed E-state index contributed by atoms with van der Waals surface area (Å²) in [5.74, 6) is 0.314. The van der Waals surface area contributed by atoms with Crippen molar-refractivity contribution in [3.8, 4) is 0 Å². The van der Waals surface area contributed by atoms with Crippen LogP contribution in [-0.4, -0.2) is 33.4 Å². The second kappa shape index (κ2) is 8.17. The van der Waals surface area contributed by atoms with E-state index >= 15 is 0 Å². The van der Waals surface area contributed by atoms with Crippen LogP contribution in [0.3, 0.4) is 0 Å². The number of para-hydroxylation sites is 2. The summed E-state index contributed by atoms with van der Waals surface area (Å²) in [6.45, 7) is 5.38. The first-order valence-electron chi connectivity index (χ1n) is 10.1. The number of likely N-dealkylation sites (tertiary alicyclic amines) is 1. The van der Waals surface area contributed by atoms with E-state index in [1.807, 2.05) is 36.4 Å². The number of aromatic nitrogens is 2. The minimum Gasteiger partial charge on any atom is -0.320 e. The van der Waals surface area contributed by atoms with Gasteiger partial charge in [-0.1, -0.05) is 31.2 Å². The molecule has 1 aliphatic rings. The summed E-state index contributed by atoms with van der Waals surface area (Å²) >= 11 is 0. The largest absolute Gasteiger partial charge is 0.320 e. The number of rotatable bonds is 4. The Balaban J connectivity index is 1.52. The van der Waals surface area contributed by atoms with Crippen molar-refractivity contribution in [3.63, 3.8) is 0 Å². The number of carbonyl (C=O) groups excluding carboxylic acids is 1. The fraction of sp³-hybridized carbons (Fsp3) is 0.348. The first-order valence-corrected chi connectivity index (χ1v) is 10.1. The third kappa shape index (κ3) is 4.22. The number of fused-ring (bicyclic) bond motifs is 1. The number of carbonyl (C=O) groups is 1. The van der Waals surface area contributed by atoms with Crippen molar-refractivity contribution in [1.82, 2.24) is 14.5 Å². The highest BCUT2D eigenvalue weighted by Crippen LogP contribution is 2.20. The molecule has 6 nitrogen and oxygen atoms in total. The van der Waals surface area contributed by atoms with Gasteiger partial charge in [0.15, 0.2) is 5.69 Å². The molecule has 2 aromatic carbocycles. The monoisotopic (exact) mass is 390 g/mol. The molecule has 1 aliphatic heterocycles. The van der Waals surface area contributed by atoms with Crippen molar-refractivity contribution in [3.05, 3.63) is 70.1 Å². The maximum atomic E-state index is 12.8. The van der Waals surface area contributed by atoms with E-state index in [0.29, 0.717) is 16.7 Å². The molecule has 1 saturated heterocycles. The van der Waals surface area contributed by atoms with Crippen LogP contribution in [-0.2, 0) is 13.6 Å². The average Bonchev–Trinajstić information content (AvgIpc) is 2.72. The molecule has 1 amide bonds. The van der Waals surface area contributed by atoms with Gasteiger partial charge in [0.1, 0.15) is 0 Å². The van der Waals surface area contributed by atoms with E-state index in [1.54, 1.807) is 13.1 Å². The fourth-order valence-corrected chi connectivity index (χ4v) is 3.84. The first-order chi connectivity index (χ1) is 14.0. The molecule has 0 spiro atoms. The molecule has 0 aliphatic carbocycles. The van der Waals surface area contributed by atoms with Crippen LogP contribution in [0.5, 0.6) is 0 Å². The summed E-state index contributed by atoms with van der Waals surface area (Å²) in [4.78, 5) is 32.1. The molecule has 150 valence electrons. The lowest BCUT2D eigenvalue weighted by molar-refractivity contribution is 0.102. The number of aryl methyl sites for hydroxylation is 1. The van der Waals surface area contributed by atoms with Crippen molar-refractivity contribution >= 4 is 22.6 Å². The quantitative estimate of drug-likeness (QED) is 0.741. The normalized spacial score (nSPS) is 15.5. The molecule has 1 fully saturated rings. The molecule has 4 rings (SSSR count). The Morgan fingerprint density at radius 3 is 2.69 bits per heavy atom. The van der Waals surface area contributed by atoms with Gasteiger partial charge in [0.2, 0.25) is 0 Å². The zero-order valence-electron chi connectivity index (χ0n) is 16.9. The van der Waals surface area contributed by atoms with E-state index in [1.165, 1.54) is 17.4 Å². The minimum absolute atomic E-state index is 0.0957. The molecule has 1 N–H and O–H groups in total. The number of benzene rings is 2. The molecule has 29 heavy (non-hydrogen) atoms. The highest BCUT2D eigenvalue weighted by Gasteiger charge is 2.18. The van der Waals surface area contributed by atoms with E-state index in [9.17, 15) is 9.59 Å². The lowest BCUT2D eigenvalue weighted by Crippen LogP contribution is -2.32. The zero-order chi connectivity index (χ0) is 20.4. The third-order valence-electron chi connectivity index (χ3n) is 5.66. The number of nitrogens with zero attached hydrogens (tertiary/aromatic N) is 3. The third-order valence-corrected chi connectivity index (χ3v) is 5.66. The van der Waals surface area contributed by atoms with E-state index in [0.717, 1.165) is 31.1 Å². The summed E-state index contributed by atoms with van der Waals surface area (Å²) in [5, 5.41) is 2.84. The first kappa shape index (κ1) is 19.3. The highest BCUT2D eigenvalue weighted by atomic mass is 16.2. The number of hydrogen-bond donors (Lipinski definition) is 1. The van der Waals surface area contributed by atoms with E-state index in [4.69, 9.17) is 0 Å². The molecule has 3 aromatic rings. The Kier molecular flexibility index (Phi) is 5.45. The number of anilines is 1. The standard InChI is InChI=1S/C23H26N4O2/c1-16-10-12-27(13-11-16)15-17-6-5-7-18(14-17)24-22(28)21-23(29)26(2)20-9-4-3-8-19(20)25-21/h3-9,14,16H,10-13,15H2,1-2H3,(H,24,28). The van der Waals surface area contributed by atoms with E-state index < -0.39 is 11.5 Å². The number of piperidine rings is 1. The van der Waals surface area contributed by atoms with Crippen LogP contribution in [0.4, 0.5) is 5.69 Å². The molecular weight excluding hydrogens is 364 g/mol. The van der Waals surface area contributed by atoms with Crippen LogP contribution >= 0.6 is 0 Å². The SMILES string of the molecule is CC1CCN(Cc2cccc(NC(=O)c3nc4ccccc4n(C)c3=O)c2)CC1. The van der Waals surface area contributed by atoms with Gasteiger partial charge in [-0.25, -0.2) is 4.98 Å². The molecule has 2 heterocycles. The van der Waals surface area contributed by atoms with Gasteiger partial charge in [-0.15, -0.1) is 0 Å². The Labute approximate surface area is 170 Å². The molecular formula is C23H26N4O2. The fourth-order valence-electron chi connectivity index (χ4n) is 3.84. The Morgan fingerprint density at radius 2 is 1.90 bits per heavy atom. The number of amides is 1. The van der Waals surface area contributed by atoms with Crippen molar-refractivity contribution in [2.75, 3.05) is 18.4 Å².